The van der Waals surface area contributed by atoms with Crippen molar-refractivity contribution < 1.29 is 19.0 Å². The smallest absolute Gasteiger partial charge is 0.318 e. The summed E-state index contributed by atoms with van der Waals surface area (Å²) in [5.41, 5.74) is 5.74. The molecule has 4 nitrogen and oxygen atoms in total. The van der Waals surface area contributed by atoms with Crippen LogP contribution in [0.1, 0.15) is 28.2 Å². The third-order valence-electron chi connectivity index (χ3n) is 5.19. The third kappa shape index (κ3) is 2.86. The Morgan fingerprint density at radius 1 is 1.04 bits per heavy atom. The highest BCUT2D eigenvalue weighted by molar-refractivity contribution is 6.30. The van der Waals surface area contributed by atoms with Crippen LogP contribution in [-0.4, -0.2) is 12.8 Å². The summed E-state index contributed by atoms with van der Waals surface area (Å²) in [6, 6.07) is 19.5. The molecule has 0 aromatic heterocycles. The fourth-order valence-electron chi connectivity index (χ4n) is 4.01. The highest BCUT2D eigenvalue weighted by atomic mass is 35.5. The number of carbonyl (C=O) groups excluding carboxylic acids is 1. The van der Waals surface area contributed by atoms with Crippen LogP contribution in [-0.2, 0) is 27.5 Å². The molecule has 1 aliphatic heterocycles. The largest absolute Gasteiger partial charge is 0.467 e. The van der Waals surface area contributed by atoms with E-state index in [1.54, 1.807) is 6.07 Å². The van der Waals surface area contributed by atoms with Gasteiger partial charge in [-0.1, -0.05) is 60.1 Å². The maximum Gasteiger partial charge on any atom is 0.318 e. The standard InChI is InChI=1S/C23H17ClO4/c24-16-9-14-11-26-13-28-22(14)15(10-16)12-27-23(25)21-19-7-3-1-5-17(19)18-6-2-4-8-20(18)21/h1-10,21H,11-13H2. The zero-order valence-corrected chi connectivity index (χ0v) is 15.7. The molecule has 1 heterocycles. The lowest BCUT2D eigenvalue weighted by atomic mass is 9.97. The molecule has 0 N–H and O–H groups in total. The first-order valence-electron chi connectivity index (χ1n) is 9.09. The quantitative estimate of drug-likeness (QED) is 0.584. The number of fused-ring (bicyclic) bond motifs is 4. The Bertz CT molecular complexity index is 1030. The summed E-state index contributed by atoms with van der Waals surface area (Å²) in [4.78, 5) is 13.1. The zero-order chi connectivity index (χ0) is 19.1. The second kappa shape index (κ2) is 6.97. The van der Waals surface area contributed by atoms with Gasteiger partial charge in [0, 0.05) is 16.1 Å². The van der Waals surface area contributed by atoms with E-state index in [4.69, 9.17) is 25.8 Å². The Balaban J connectivity index is 1.44. The van der Waals surface area contributed by atoms with Crippen molar-refractivity contribution in [1.29, 1.82) is 0 Å². The Morgan fingerprint density at radius 3 is 2.43 bits per heavy atom. The van der Waals surface area contributed by atoms with Crippen LogP contribution >= 0.6 is 11.6 Å². The van der Waals surface area contributed by atoms with Crippen LogP contribution in [0.4, 0.5) is 0 Å². The monoisotopic (exact) mass is 392 g/mol. The van der Waals surface area contributed by atoms with Crippen molar-refractivity contribution >= 4 is 17.6 Å². The summed E-state index contributed by atoms with van der Waals surface area (Å²) in [5.74, 6) is -0.0134. The molecule has 0 spiro atoms. The molecular weight excluding hydrogens is 376 g/mol. The number of benzene rings is 3. The van der Waals surface area contributed by atoms with Gasteiger partial charge in [-0.15, -0.1) is 0 Å². The summed E-state index contributed by atoms with van der Waals surface area (Å²) in [5, 5.41) is 0.565. The Morgan fingerprint density at radius 2 is 1.71 bits per heavy atom. The first kappa shape index (κ1) is 17.3. The van der Waals surface area contributed by atoms with Gasteiger partial charge in [0.05, 0.1) is 6.61 Å². The van der Waals surface area contributed by atoms with E-state index < -0.39 is 5.92 Å². The second-order valence-corrected chi connectivity index (χ2v) is 7.32. The van der Waals surface area contributed by atoms with Crippen molar-refractivity contribution in [2.24, 2.45) is 0 Å². The maximum absolute atomic E-state index is 13.1. The number of rotatable bonds is 3. The van der Waals surface area contributed by atoms with Crippen LogP contribution in [0.3, 0.4) is 0 Å². The molecule has 0 bridgehead atoms. The van der Waals surface area contributed by atoms with Crippen LogP contribution < -0.4 is 4.74 Å². The van der Waals surface area contributed by atoms with E-state index in [-0.39, 0.29) is 19.4 Å². The van der Waals surface area contributed by atoms with E-state index in [1.807, 2.05) is 54.6 Å². The molecule has 0 saturated heterocycles. The number of hydrogen-bond acceptors (Lipinski definition) is 4. The van der Waals surface area contributed by atoms with Crippen LogP contribution in [0.2, 0.25) is 5.02 Å². The molecule has 0 atom stereocenters. The first-order chi connectivity index (χ1) is 13.7. The normalized spacial score (nSPS) is 14.6. The topological polar surface area (TPSA) is 44.8 Å². The number of carbonyl (C=O) groups is 1. The zero-order valence-electron chi connectivity index (χ0n) is 15.0. The molecule has 3 aromatic carbocycles. The van der Waals surface area contributed by atoms with Gasteiger partial charge in [0.2, 0.25) is 0 Å². The van der Waals surface area contributed by atoms with Crippen LogP contribution in [0, 0.1) is 0 Å². The van der Waals surface area contributed by atoms with Crippen LogP contribution in [0.15, 0.2) is 60.7 Å². The lowest BCUT2D eigenvalue weighted by Gasteiger charge is -2.21. The van der Waals surface area contributed by atoms with Gasteiger partial charge in [0.25, 0.3) is 0 Å². The van der Waals surface area contributed by atoms with Gasteiger partial charge >= 0.3 is 5.97 Å². The van der Waals surface area contributed by atoms with E-state index in [2.05, 4.69) is 0 Å². The SMILES string of the molecule is O=C(OCc1cc(Cl)cc2c1OCOC2)C1c2ccccc2-c2ccccc21. The predicted molar refractivity (Wildman–Crippen MR) is 105 cm³/mol. The molecule has 140 valence electrons. The van der Waals surface area contributed by atoms with Gasteiger partial charge in [-0.25, -0.2) is 0 Å². The predicted octanol–water partition coefficient (Wildman–Crippen LogP) is 5.06. The fraction of sp³-hybridized carbons (Fsp3) is 0.174. The minimum absolute atomic E-state index is 0.0998. The molecule has 3 aromatic rings. The fourth-order valence-corrected chi connectivity index (χ4v) is 4.27. The number of halogens is 1. The molecule has 0 amide bonds. The lowest BCUT2D eigenvalue weighted by molar-refractivity contribution is -0.145. The average molecular weight is 393 g/mol. The van der Waals surface area contributed by atoms with Gasteiger partial charge < -0.3 is 14.2 Å². The van der Waals surface area contributed by atoms with Crippen LogP contribution in [0.25, 0.3) is 11.1 Å². The molecular formula is C23H17ClO4. The van der Waals surface area contributed by atoms with E-state index in [0.717, 1.165) is 33.4 Å². The summed E-state index contributed by atoms with van der Waals surface area (Å²) in [6.45, 7) is 0.710. The molecule has 28 heavy (non-hydrogen) atoms. The Labute approximate surface area is 167 Å². The lowest BCUT2D eigenvalue weighted by Crippen LogP contribution is -2.17. The van der Waals surface area contributed by atoms with Crippen molar-refractivity contribution in [3.8, 4) is 16.9 Å². The number of ether oxygens (including phenoxy) is 3. The first-order valence-corrected chi connectivity index (χ1v) is 9.47. The van der Waals surface area contributed by atoms with Gasteiger partial charge in [0.15, 0.2) is 6.79 Å². The molecule has 0 unspecified atom stereocenters. The van der Waals surface area contributed by atoms with Crippen molar-refractivity contribution in [2.75, 3.05) is 6.79 Å². The molecule has 0 saturated carbocycles. The Hall–Kier alpha value is -2.82. The molecule has 1 aliphatic carbocycles. The highest BCUT2D eigenvalue weighted by Crippen LogP contribution is 2.45. The van der Waals surface area contributed by atoms with Gasteiger partial charge in [-0.2, -0.15) is 0 Å². The van der Waals surface area contributed by atoms with Gasteiger partial charge in [0.1, 0.15) is 18.3 Å². The molecule has 0 fully saturated rings. The van der Waals surface area contributed by atoms with Gasteiger partial charge in [-0.05, 0) is 34.4 Å². The van der Waals surface area contributed by atoms with E-state index in [1.165, 1.54) is 0 Å². The summed E-state index contributed by atoms with van der Waals surface area (Å²) < 4.78 is 16.6. The molecule has 2 aliphatic rings. The van der Waals surface area contributed by atoms with Crippen LogP contribution in [0.5, 0.6) is 5.75 Å². The van der Waals surface area contributed by atoms with Crippen molar-refractivity contribution in [3.05, 3.63) is 87.9 Å². The summed E-state index contributed by atoms with van der Waals surface area (Å²) in [6.07, 6.45) is 0. The van der Waals surface area contributed by atoms with E-state index >= 15 is 0 Å². The highest BCUT2D eigenvalue weighted by Gasteiger charge is 2.34. The van der Waals surface area contributed by atoms with E-state index in [9.17, 15) is 4.79 Å². The minimum Gasteiger partial charge on any atom is -0.467 e. The summed E-state index contributed by atoms with van der Waals surface area (Å²) in [7, 11) is 0. The van der Waals surface area contributed by atoms with Gasteiger partial charge in [-0.3, -0.25) is 4.79 Å². The molecule has 5 rings (SSSR count). The minimum atomic E-state index is -0.424. The molecule has 5 heteroatoms. The maximum atomic E-state index is 13.1. The number of hydrogen-bond donors (Lipinski definition) is 0. The molecule has 0 radical (unpaired) electrons. The average Bonchev–Trinajstić information content (AvgIpc) is 3.06. The third-order valence-corrected chi connectivity index (χ3v) is 5.41. The number of esters is 1. The van der Waals surface area contributed by atoms with Crippen molar-refractivity contribution in [2.45, 2.75) is 19.1 Å². The van der Waals surface area contributed by atoms with E-state index in [0.29, 0.717) is 17.4 Å². The van der Waals surface area contributed by atoms with Crippen molar-refractivity contribution in [1.82, 2.24) is 0 Å². The second-order valence-electron chi connectivity index (χ2n) is 6.88. The van der Waals surface area contributed by atoms with Crippen molar-refractivity contribution in [3.63, 3.8) is 0 Å². The summed E-state index contributed by atoms with van der Waals surface area (Å²) >= 11 is 6.21. The Kier molecular flexibility index (Phi) is 4.30.